The van der Waals surface area contributed by atoms with Crippen LogP contribution in [0.3, 0.4) is 0 Å². The van der Waals surface area contributed by atoms with Crippen LogP contribution >= 0.6 is 11.6 Å². The van der Waals surface area contributed by atoms with Gasteiger partial charge in [-0.15, -0.1) is 0 Å². The number of fused-ring (bicyclic) bond motifs is 2. The molecular weight excluding hydrogens is 518 g/mol. The van der Waals surface area contributed by atoms with E-state index in [0.717, 1.165) is 6.42 Å². The third-order valence-corrected chi connectivity index (χ3v) is 7.07. The fraction of sp³-hybridized carbons (Fsp3) is 0.429. The van der Waals surface area contributed by atoms with Gasteiger partial charge in [-0.3, -0.25) is 14.3 Å². The lowest BCUT2D eigenvalue weighted by molar-refractivity contribution is 0.0255. The number of hydrogen-bond donors (Lipinski definition) is 1. The number of pyridine rings is 1. The van der Waals surface area contributed by atoms with Gasteiger partial charge >= 0.3 is 6.09 Å². The van der Waals surface area contributed by atoms with Crippen molar-refractivity contribution in [2.45, 2.75) is 64.6 Å². The van der Waals surface area contributed by atoms with E-state index in [1.807, 2.05) is 39.8 Å². The van der Waals surface area contributed by atoms with Crippen LogP contribution in [0.25, 0.3) is 21.9 Å². The highest BCUT2D eigenvalue weighted by molar-refractivity contribution is 6.35. The molecule has 1 amide bonds. The quantitative estimate of drug-likeness (QED) is 0.353. The molecule has 2 atom stereocenters. The predicted molar refractivity (Wildman–Crippen MR) is 151 cm³/mol. The van der Waals surface area contributed by atoms with E-state index in [1.54, 1.807) is 33.9 Å². The van der Waals surface area contributed by atoms with E-state index < -0.39 is 11.6 Å². The minimum atomic E-state index is -0.576. The summed E-state index contributed by atoms with van der Waals surface area (Å²) in [4.78, 5) is 46.6. The number of aromatic nitrogens is 5. The summed E-state index contributed by atoms with van der Waals surface area (Å²) in [5, 5.41) is 4.15. The SMILES string of the molecule is C[C@H](Nc1ncnc2cccnc12)c1nc2cccc(Cl)c2c(=O)n1C1CCCN(C(=O)OC(C)(C)C)CC1. The number of ether oxygens (including phenoxy) is 1. The molecule has 39 heavy (non-hydrogen) atoms. The van der Waals surface area contributed by atoms with E-state index in [4.69, 9.17) is 21.3 Å². The highest BCUT2D eigenvalue weighted by Crippen LogP contribution is 2.30. The van der Waals surface area contributed by atoms with Crippen LogP contribution in [0, 0.1) is 0 Å². The molecule has 4 aromatic rings. The van der Waals surface area contributed by atoms with Crippen molar-refractivity contribution in [1.29, 1.82) is 0 Å². The molecule has 1 N–H and O–H groups in total. The molecule has 1 fully saturated rings. The summed E-state index contributed by atoms with van der Waals surface area (Å²) in [6, 6.07) is 8.39. The first-order valence-corrected chi connectivity index (χ1v) is 13.5. The van der Waals surface area contributed by atoms with E-state index >= 15 is 0 Å². The molecule has 1 unspecified atom stereocenters. The molecule has 0 bridgehead atoms. The molecule has 204 valence electrons. The second-order valence-electron chi connectivity index (χ2n) is 10.8. The average molecular weight is 550 g/mol. The third kappa shape index (κ3) is 5.66. The Bertz CT molecular complexity index is 1580. The van der Waals surface area contributed by atoms with Crippen molar-refractivity contribution in [1.82, 2.24) is 29.4 Å². The lowest BCUT2D eigenvalue weighted by Crippen LogP contribution is -2.37. The molecule has 11 heteroatoms. The zero-order chi connectivity index (χ0) is 27.7. The van der Waals surface area contributed by atoms with Crippen molar-refractivity contribution in [3.8, 4) is 0 Å². The molecule has 0 spiro atoms. The Morgan fingerprint density at radius 3 is 2.69 bits per heavy atom. The zero-order valence-electron chi connectivity index (χ0n) is 22.5. The number of halogens is 1. The second kappa shape index (κ2) is 10.8. The zero-order valence-corrected chi connectivity index (χ0v) is 23.3. The van der Waals surface area contributed by atoms with Crippen molar-refractivity contribution in [3.05, 3.63) is 64.1 Å². The molecule has 1 saturated heterocycles. The maximum atomic E-state index is 14.0. The standard InChI is InChI=1S/C28H32ClN7O3/c1-17(33-24-23-21(31-16-32-24)11-6-13-30-23)25-34-20-10-5-9-19(29)22(20)26(37)36(25)18-8-7-14-35(15-12-18)27(38)39-28(2,3)4/h5-6,9-11,13,16-18H,7-8,12,14-15H2,1-4H3,(H,31,32,33)/t17-,18?/m0/s1. The fourth-order valence-corrected chi connectivity index (χ4v) is 5.24. The van der Waals surface area contributed by atoms with Gasteiger partial charge < -0.3 is 15.0 Å². The van der Waals surface area contributed by atoms with Crippen LogP contribution in [0.15, 0.2) is 47.7 Å². The van der Waals surface area contributed by atoms with Gasteiger partial charge in [0.1, 0.15) is 23.3 Å². The van der Waals surface area contributed by atoms with Crippen molar-refractivity contribution < 1.29 is 9.53 Å². The Balaban J connectivity index is 1.53. The number of hydrogen-bond acceptors (Lipinski definition) is 8. The normalized spacial score (nSPS) is 17.2. The van der Waals surface area contributed by atoms with E-state index in [0.29, 0.717) is 64.5 Å². The average Bonchev–Trinajstić information content (AvgIpc) is 3.14. The van der Waals surface area contributed by atoms with Crippen LogP contribution in [0.2, 0.25) is 5.02 Å². The number of carbonyl (C=O) groups excluding carboxylic acids is 1. The lowest BCUT2D eigenvalue weighted by Gasteiger charge is -2.27. The van der Waals surface area contributed by atoms with Crippen molar-refractivity contribution in [2.75, 3.05) is 18.4 Å². The van der Waals surface area contributed by atoms with Crippen molar-refractivity contribution >= 4 is 45.4 Å². The fourth-order valence-electron chi connectivity index (χ4n) is 4.99. The highest BCUT2D eigenvalue weighted by atomic mass is 35.5. The van der Waals surface area contributed by atoms with Gasteiger partial charge in [-0.25, -0.2) is 19.7 Å². The van der Waals surface area contributed by atoms with Gasteiger partial charge in [0, 0.05) is 25.3 Å². The van der Waals surface area contributed by atoms with E-state index in [2.05, 4.69) is 20.3 Å². The number of benzene rings is 1. The van der Waals surface area contributed by atoms with Gasteiger partial charge in [0.15, 0.2) is 5.82 Å². The summed E-state index contributed by atoms with van der Waals surface area (Å²) in [6.45, 7) is 8.53. The van der Waals surface area contributed by atoms with Crippen molar-refractivity contribution in [3.63, 3.8) is 0 Å². The van der Waals surface area contributed by atoms with Crippen LogP contribution in [0.1, 0.15) is 64.9 Å². The topological polar surface area (TPSA) is 115 Å². The van der Waals surface area contributed by atoms with Crippen LogP contribution in [0.5, 0.6) is 0 Å². The number of anilines is 1. The van der Waals surface area contributed by atoms with Crippen LogP contribution in [0.4, 0.5) is 10.6 Å². The summed E-state index contributed by atoms with van der Waals surface area (Å²) in [5.74, 6) is 1.12. The van der Waals surface area contributed by atoms with Crippen molar-refractivity contribution in [2.24, 2.45) is 0 Å². The first-order valence-electron chi connectivity index (χ1n) is 13.1. The smallest absolute Gasteiger partial charge is 0.410 e. The number of rotatable bonds is 4. The molecule has 0 aliphatic carbocycles. The number of nitrogens with zero attached hydrogens (tertiary/aromatic N) is 6. The molecule has 5 rings (SSSR count). The third-order valence-electron chi connectivity index (χ3n) is 6.76. The molecule has 10 nitrogen and oxygen atoms in total. The number of amides is 1. The molecule has 4 heterocycles. The summed E-state index contributed by atoms with van der Waals surface area (Å²) in [7, 11) is 0. The van der Waals surface area contributed by atoms with Gasteiger partial charge in [-0.1, -0.05) is 17.7 Å². The summed E-state index contributed by atoms with van der Waals surface area (Å²) < 4.78 is 7.35. The van der Waals surface area contributed by atoms with E-state index in [-0.39, 0.29) is 17.7 Å². The monoisotopic (exact) mass is 549 g/mol. The Hall–Kier alpha value is -3.79. The number of likely N-dealkylation sites (tertiary alicyclic amines) is 1. The molecular formula is C28H32ClN7O3. The predicted octanol–water partition coefficient (Wildman–Crippen LogP) is 5.52. The number of nitrogens with one attached hydrogen (secondary N) is 1. The van der Waals surface area contributed by atoms with Gasteiger partial charge in [-0.05, 0) is 71.2 Å². The van der Waals surface area contributed by atoms with Gasteiger partial charge in [0.25, 0.3) is 5.56 Å². The Morgan fingerprint density at radius 1 is 1.10 bits per heavy atom. The second-order valence-corrected chi connectivity index (χ2v) is 11.2. The largest absolute Gasteiger partial charge is 0.444 e. The van der Waals surface area contributed by atoms with E-state index in [9.17, 15) is 9.59 Å². The van der Waals surface area contributed by atoms with Gasteiger partial charge in [0.05, 0.1) is 27.5 Å². The van der Waals surface area contributed by atoms with Gasteiger partial charge in [-0.2, -0.15) is 0 Å². The van der Waals surface area contributed by atoms with Gasteiger partial charge in [0.2, 0.25) is 0 Å². The first kappa shape index (κ1) is 26.8. The number of carbonyl (C=O) groups is 1. The Kier molecular flexibility index (Phi) is 7.40. The highest BCUT2D eigenvalue weighted by Gasteiger charge is 2.29. The summed E-state index contributed by atoms with van der Waals surface area (Å²) in [5.41, 5.74) is 1.10. The first-order chi connectivity index (χ1) is 18.6. The van der Waals surface area contributed by atoms with Crippen LogP contribution < -0.4 is 10.9 Å². The summed E-state index contributed by atoms with van der Waals surface area (Å²) in [6.07, 6.45) is 4.83. The molecule has 1 aliphatic heterocycles. The van der Waals surface area contributed by atoms with Crippen LogP contribution in [-0.4, -0.2) is 54.2 Å². The maximum absolute atomic E-state index is 14.0. The molecule has 0 radical (unpaired) electrons. The molecule has 1 aliphatic rings. The minimum absolute atomic E-state index is 0.183. The molecule has 0 saturated carbocycles. The summed E-state index contributed by atoms with van der Waals surface area (Å²) >= 11 is 6.50. The molecule has 3 aromatic heterocycles. The Morgan fingerprint density at radius 2 is 1.90 bits per heavy atom. The maximum Gasteiger partial charge on any atom is 0.410 e. The van der Waals surface area contributed by atoms with E-state index in [1.165, 1.54) is 6.33 Å². The molecule has 1 aromatic carbocycles. The Labute approximate surface area is 231 Å². The minimum Gasteiger partial charge on any atom is -0.444 e. The lowest BCUT2D eigenvalue weighted by atomic mass is 10.1. The van der Waals surface area contributed by atoms with Crippen LogP contribution in [-0.2, 0) is 4.74 Å².